The van der Waals surface area contributed by atoms with Crippen LogP contribution >= 0.6 is 11.8 Å². The summed E-state index contributed by atoms with van der Waals surface area (Å²) in [5.74, 6) is -1.16. The van der Waals surface area contributed by atoms with Gasteiger partial charge in [-0.15, -0.1) is 0 Å². The Morgan fingerprint density at radius 1 is 1.06 bits per heavy atom. The zero-order valence-corrected chi connectivity index (χ0v) is 19.5. The van der Waals surface area contributed by atoms with Crippen molar-refractivity contribution in [2.45, 2.75) is 65.3 Å². The number of carboxylic acid groups (broad SMARTS) is 1. The van der Waals surface area contributed by atoms with Gasteiger partial charge in [0, 0.05) is 38.1 Å². The van der Waals surface area contributed by atoms with Gasteiger partial charge in [0.15, 0.2) is 11.1 Å². The first-order valence-electron chi connectivity index (χ1n) is 10.5. The summed E-state index contributed by atoms with van der Waals surface area (Å²) in [6.45, 7) is 6.32. The van der Waals surface area contributed by atoms with Gasteiger partial charge in [-0.2, -0.15) is 0 Å². The molecule has 2 amide bonds. The van der Waals surface area contributed by atoms with Crippen molar-refractivity contribution >= 4 is 40.6 Å². The number of nitrogens with one attached hydrogen (secondary N) is 4. The SMILES string of the molecule is CC(=O)SCC(CC(C)C)C(=O)NCCCCC(=O)N[C@@H](CCCNC(=N)N)C(=O)O. The maximum Gasteiger partial charge on any atom is 0.326 e. The third kappa shape index (κ3) is 16.1. The summed E-state index contributed by atoms with van der Waals surface area (Å²) in [4.78, 5) is 46.8. The molecule has 0 saturated carbocycles. The third-order valence-corrected chi connectivity index (χ3v) is 5.34. The summed E-state index contributed by atoms with van der Waals surface area (Å²) in [6.07, 6.45) is 2.65. The quantitative estimate of drug-likeness (QED) is 0.113. The van der Waals surface area contributed by atoms with E-state index in [4.69, 9.17) is 11.1 Å². The van der Waals surface area contributed by atoms with Crippen LogP contribution in [0.2, 0.25) is 0 Å². The first kappa shape index (κ1) is 28.7. The van der Waals surface area contributed by atoms with Gasteiger partial charge < -0.3 is 26.8 Å². The van der Waals surface area contributed by atoms with E-state index in [1.807, 2.05) is 13.8 Å². The number of carbonyl (C=O) groups excluding carboxylic acids is 3. The smallest absolute Gasteiger partial charge is 0.326 e. The van der Waals surface area contributed by atoms with Gasteiger partial charge in [-0.25, -0.2) is 4.79 Å². The van der Waals surface area contributed by atoms with Crippen molar-refractivity contribution in [3.8, 4) is 0 Å². The van der Waals surface area contributed by atoms with E-state index in [9.17, 15) is 24.3 Å². The van der Waals surface area contributed by atoms with Crippen LogP contribution in [-0.2, 0) is 19.2 Å². The van der Waals surface area contributed by atoms with Crippen molar-refractivity contribution in [1.82, 2.24) is 16.0 Å². The van der Waals surface area contributed by atoms with Crippen molar-refractivity contribution in [3.63, 3.8) is 0 Å². The average molecular weight is 460 g/mol. The number of carboxylic acids is 1. The van der Waals surface area contributed by atoms with Crippen molar-refractivity contribution in [3.05, 3.63) is 0 Å². The van der Waals surface area contributed by atoms with Gasteiger partial charge in [-0.1, -0.05) is 25.6 Å². The van der Waals surface area contributed by atoms with Gasteiger partial charge >= 0.3 is 5.97 Å². The topological polar surface area (TPSA) is 174 Å². The zero-order chi connectivity index (χ0) is 23.8. The molecule has 7 N–H and O–H groups in total. The minimum absolute atomic E-state index is 0.0117. The summed E-state index contributed by atoms with van der Waals surface area (Å²) in [5, 5.41) is 24.2. The number of hydrogen-bond donors (Lipinski definition) is 6. The molecule has 0 aromatic rings. The lowest BCUT2D eigenvalue weighted by atomic mass is 9.98. The molecule has 0 aromatic carbocycles. The van der Waals surface area contributed by atoms with Crippen LogP contribution in [0.3, 0.4) is 0 Å². The standard InChI is InChI=1S/C20H37N5O5S/c1-13(2)11-15(12-31-14(3)26)18(28)23-9-5-4-8-17(27)25-16(19(29)30)7-6-10-24-20(21)22/h13,15-16H,4-12H2,1-3H3,(H,23,28)(H,25,27)(H,29,30)(H4,21,22,24)/t15?,16-/m0/s1. The molecule has 10 nitrogen and oxygen atoms in total. The number of amides is 2. The highest BCUT2D eigenvalue weighted by Crippen LogP contribution is 2.18. The largest absolute Gasteiger partial charge is 0.480 e. The fourth-order valence-corrected chi connectivity index (χ4v) is 3.58. The second-order valence-corrected chi connectivity index (χ2v) is 9.02. The van der Waals surface area contributed by atoms with Gasteiger partial charge in [0.05, 0.1) is 0 Å². The van der Waals surface area contributed by atoms with E-state index < -0.39 is 12.0 Å². The molecular weight excluding hydrogens is 422 g/mol. The van der Waals surface area contributed by atoms with E-state index in [2.05, 4.69) is 16.0 Å². The molecule has 0 radical (unpaired) electrons. The second-order valence-electron chi connectivity index (χ2n) is 7.82. The van der Waals surface area contributed by atoms with E-state index in [-0.39, 0.29) is 41.6 Å². The lowest BCUT2D eigenvalue weighted by Gasteiger charge is -2.18. The second kappa shape index (κ2) is 16.4. The number of carbonyl (C=O) groups is 4. The van der Waals surface area contributed by atoms with E-state index >= 15 is 0 Å². The predicted octanol–water partition coefficient (Wildman–Crippen LogP) is 1.05. The lowest BCUT2D eigenvalue weighted by Crippen LogP contribution is -2.41. The maximum absolute atomic E-state index is 12.4. The van der Waals surface area contributed by atoms with Gasteiger partial charge in [-0.05, 0) is 38.0 Å². The number of aliphatic carboxylic acids is 1. The predicted molar refractivity (Wildman–Crippen MR) is 122 cm³/mol. The molecule has 11 heteroatoms. The Balaban J connectivity index is 4.20. The average Bonchev–Trinajstić information content (AvgIpc) is 2.66. The Bertz CT molecular complexity index is 615. The summed E-state index contributed by atoms with van der Waals surface area (Å²) in [7, 11) is 0. The Morgan fingerprint density at radius 3 is 2.26 bits per heavy atom. The first-order chi connectivity index (χ1) is 14.5. The Morgan fingerprint density at radius 2 is 1.71 bits per heavy atom. The number of guanidine groups is 1. The fourth-order valence-electron chi connectivity index (χ4n) is 2.86. The Hall–Kier alpha value is -2.30. The molecule has 0 spiro atoms. The van der Waals surface area contributed by atoms with Crippen LogP contribution in [0.15, 0.2) is 0 Å². The van der Waals surface area contributed by atoms with Crippen LogP contribution in [0.25, 0.3) is 0 Å². The van der Waals surface area contributed by atoms with E-state index in [0.29, 0.717) is 50.4 Å². The number of rotatable bonds is 16. The Kier molecular flexibility index (Phi) is 15.2. The van der Waals surface area contributed by atoms with Crippen LogP contribution in [0.5, 0.6) is 0 Å². The minimum atomic E-state index is -1.11. The molecule has 178 valence electrons. The molecule has 0 aliphatic rings. The first-order valence-corrected chi connectivity index (χ1v) is 11.5. The molecule has 0 saturated heterocycles. The van der Waals surface area contributed by atoms with Crippen LogP contribution in [0, 0.1) is 17.2 Å². The number of nitrogens with two attached hydrogens (primary N) is 1. The van der Waals surface area contributed by atoms with E-state index in [0.717, 1.165) is 11.8 Å². The highest BCUT2D eigenvalue weighted by Gasteiger charge is 2.21. The third-order valence-electron chi connectivity index (χ3n) is 4.36. The minimum Gasteiger partial charge on any atom is -0.480 e. The molecule has 0 rings (SSSR count). The number of thioether (sulfide) groups is 1. The van der Waals surface area contributed by atoms with Gasteiger partial charge in [0.1, 0.15) is 6.04 Å². The molecular formula is C20H37N5O5S. The highest BCUT2D eigenvalue weighted by molar-refractivity contribution is 8.13. The monoisotopic (exact) mass is 459 g/mol. The summed E-state index contributed by atoms with van der Waals surface area (Å²) < 4.78 is 0. The van der Waals surface area contributed by atoms with Crippen molar-refractivity contribution in [1.29, 1.82) is 5.41 Å². The molecule has 0 fully saturated rings. The van der Waals surface area contributed by atoms with Crippen LogP contribution in [0.4, 0.5) is 0 Å². The number of hydrogen-bond acceptors (Lipinski definition) is 6. The highest BCUT2D eigenvalue weighted by atomic mass is 32.2. The van der Waals surface area contributed by atoms with Crippen LogP contribution in [0.1, 0.15) is 59.3 Å². The van der Waals surface area contributed by atoms with Crippen molar-refractivity contribution < 1.29 is 24.3 Å². The van der Waals surface area contributed by atoms with Gasteiger partial charge in [0.25, 0.3) is 0 Å². The van der Waals surface area contributed by atoms with Crippen LogP contribution in [-0.4, -0.2) is 58.8 Å². The lowest BCUT2D eigenvalue weighted by molar-refractivity contribution is -0.142. The van der Waals surface area contributed by atoms with Crippen molar-refractivity contribution in [2.75, 3.05) is 18.8 Å². The zero-order valence-electron chi connectivity index (χ0n) is 18.7. The normalized spacial score (nSPS) is 12.6. The molecule has 0 aromatic heterocycles. The summed E-state index contributed by atoms with van der Waals surface area (Å²) in [5.41, 5.74) is 5.16. The molecule has 2 atom stereocenters. The van der Waals surface area contributed by atoms with Crippen LogP contribution < -0.4 is 21.7 Å². The molecule has 1 unspecified atom stereocenters. The van der Waals surface area contributed by atoms with E-state index in [1.54, 1.807) is 0 Å². The molecule has 0 bridgehead atoms. The summed E-state index contributed by atoms with van der Waals surface area (Å²) >= 11 is 1.15. The van der Waals surface area contributed by atoms with Gasteiger partial charge in [0.2, 0.25) is 11.8 Å². The molecule has 0 heterocycles. The molecule has 31 heavy (non-hydrogen) atoms. The van der Waals surface area contributed by atoms with E-state index in [1.165, 1.54) is 6.92 Å². The number of unbranched alkanes of at least 4 members (excludes halogenated alkanes) is 1. The maximum atomic E-state index is 12.4. The van der Waals surface area contributed by atoms with Crippen molar-refractivity contribution in [2.24, 2.45) is 17.6 Å². The Labute approximate surface area is 188 Å². The molecule has 0 aliphatic carbocycles. The fraction of sp³-hybridized carbons (Fsp3) is 0.750. The summed E-state index contributed by atoms with van der Waals surface area (Å²) in [6, 6.07) is -0.989. The molecule has 0 aliphatic heterocycles. The van der Waals surface area contributed by atoms with Gasteiger partial charge in [-0.3, -0.25) is 19.8 Å².